The monoisotopic (exact) mass is 295 g/mol. The third-order valence-electron chi connectivity index (χ3n) is 2.56. The Morgan fingerprint density at radius 1 is 1.30 bits per heavy atom. The van der Waals surface area contributed by atoms with Crippen LogP contribution in [0.1, 0.15) is 17.5 Å². The van der Waals surface area contributed by atoms with E-state index in [1.54, 1.807) is 25.3 Å². The summed E-state index contributed by atoms with van der Waals surface area (Å²) in [5.41, 5.74) is 0.777. The topological polar surface area (TPSA) is 76.5 Å². The lowest BCUT2D eigenvalue weighted by molar-refractivity contribution is 0.273. The highest BCUT2D eigenvalue weighted by Crippen LogP contribution is 2.29. The molecule has 0 saturated carbocycles. The van der Waals surface area contributed by atoms with Gasteiger partial charge in [-0.25, -0.2) is 0 Å². The number of nitrogens with zero attached hydrogens (tertiary/aromatic N) is 2. The molecular weight excluding hydrogens is 278 g/mol. The van der Waals surface area contributed by atoms with E-state index in [0.717, 1.165) is 22.2 Å². The zero-order chi connectivity index (χ0) is 14.4. The van der Waals surface area contributed by atoms with E-state index in [4.69, 9.17) is 14.6 Å². The van der Waals surface area contributed by atoms with Crippen LogP contribution in [-0.4, -0.2) is 29.0 Å². The Kier molecular flexibility index (Phi) is 5.14. The SMILES string of the molecule is CCNc1nnc(COc2ccc(CO)cc2OC)s1. The highest BCUT2D eigenvalue weighted by Gasteiger charge is 2.08. The molecule has 7 heteroatoms. The molecule has 2 N–H and O–H groups in total. The summed E-state index contributed by atoms with van der Waals surface area (Å²) in [5.74, 6) is 1.21. The molecule has 6 nitrogen and oxygen atoms in total. The van der Waals surface area contributed by atoms with Gasteiger partial charge in [-0.1, -0.05) is 17.4 Å². The summed E-state index contributed by atoms with van der Waals surface area (Å²) in [5, 5.41) is 21.8. The molecule has 0 saturated heterocycles. The van der Waals surface area contributed by atoms with E-state index in [1.165, 1.54) is 11.3 Å². The van der Waals surface area contributed by atoms with Gasteiger partial charge in [0.15, 0.2) is 16.5 Å². The number of aliphatic hydroxyl groups is 1. The molecule has 2 aromatic rings. The normalized spacial score (nSPS) is 10.3. The van der Waals surface area contributed by atoms with Gasteiger partial charge in [0.25, 0.3) is 0 Å². The Morgan fingerprint density at radius 3 is 2.85 bits per heavy atom. The van der Waals surface area contributed by atoms with E-state index >= 15 is 0 Å². The van der Waals surface area contributed by atoms with Crippen LogP contribution in [0.25, 0.3) is 0 Å². The molecule has 1 aromatic heterocycles. The number of ether oxygens (including phenoxy) is 2. The van der Waals surface area contributed by atoms with Gasteiger partial charge < -0.3 is 19.9 Å². The van der Waals surface area contributed by atoms with Gasteiger partial charge in [-0.3, -0.25) is 0 Å². The van der Waals surface area contributed by atoms with Crippen molar-refractivity contribution in [2.45, 2.75) is 20.1 Å². The summed E-state index contributed by atoms with van der Waals surface area (Å²) in [6.45, 7) is 3.12. The molecule has 0 aliphatic carbocycles. The summed E-state index contributed by atoms with van der Waals surface area (Å²) in [6.07, 6.45) is 0. The molecule has 0 unspecified atom stereocenters. The fourth-order valence-corrected chi connectivity index (χ4v) is 2.32. The van der Waals surface area contributed by atoms with Crippen LogP contribution in [0.15, 0.2) is 18.2 Å². The predicted octanol–water partition coefficient (Wildman–Crippen LogP) is 2.05. The van der Waals surface area contributed by atoms with Crippen LogP contribution < -0.4 is 14.8 Å². The zero-order valence-corrected chi connectivity index (χ0v) is 12.2. The number of nitrogens with one attached hydrogen (secondary N) is 1. The van der Waals surface area contributed by atoms with Crippen molar-refractivity contribution in [1.29, 1.82) is 0 Å². The van der Waals surface area contributed by atoms with Gasteiger partial charge >= 0.3 is 0 Å². The molecular formula is C13H17N3O3S. The Morgan fingerprint density at radius 2 is 2.15 bits per heavy atom. The first-order chi connectivity index (χ1) is 9.76. The quantitative estimate of drug-likeness (QED) is 0.814. The Balaban J connectivity index is 2.02. The number of benzene rings is 1. The number of methoxy groups -OCH3 is 1. The van der Waals surface area contributed by atoms with Gasteiger partial charge in [0.1, 0.15) is 6.61 Å². The Bertz CT molecular complexity index is 560. The second kappa shape index (κ2) is 7.06. The van der Waals surface area contributed by atoms with Gasteiger partial charge in [-0.2, -0.15) is 0 Å². The summed E-state index contributed by atoms with van der Waals surface area (Å²) in [4.78, 5) is 0. The van der Waals surface area contributed by atoms with Crippen molar-refractivity contribution in [2.75, 3.05) is 19.0 Å². The molecule has 2 rings (SSSR count). The second-order valence-electron chi connectivity index (χ2n) is 3.96. The van der Waals surface area contributed by atoms with Gasteiger partial charge in [0, 0.05) is 6.54 Å². The predicted molar refractivity (Wildman–Crippen MR) is 77.3 cm³/mol. The van der Waals surface area contributed by atoms with Gasteiger partial charge in [-0.05, 0) is 24.6 Å². The van der Waals surface area contributed by atoms with Crippen LogP contribution in [0, 0.1) is 0 Å². The van der Waals surface area contributed by atoms with Gasteiger partial charge in [-0.15, -0.1) is 10.2 Å². The minimum absolute atomic E-state index is 0.0287. The summed E-state index contributed by atoms with van der Waals surface area (Å²) >= 11 is 1.46. The lowest BCUT2D eigenvalue weighted by Crippen LogP contribution is -1.98. The van der Waals surface area contributed by atoms with Gasteiger partial charge in [0.05, 0.1) is 13.7 Å². The maximum atomic E-state index is 9.09. The molecule has 1 aromatic carbocycles. The largest absolute Gasteiger partial charge is 0.493 e. The fourth-order valence-electron chi connectivity index (χ4n) is 1.60. The summed E-state index contributed by atoms with van der Waals surface area (Å²) < 4.78 is 10.9. The average Bonchev–Trinajstić information content (AvgIpc) is 2.93. The van der Waals surface area contributed by atoms with Crippen LogP contribution in [0.4, 0.5) is 5.13 Å². The molecule has 0 bridgehead atoms. The number of anilines is 1. The van der Waals surface area contributed by atoms with Crippen LogP contribution in [0.2, 0.25) is 0 Å². The van der Waals surface area contributed by atoms with Crippen molar-refractivity contribution in [3.05, 3.63) is 28.8 Å². The first-order valence-electron chi connectivity index (χ1n) is 6.23. The molecule has 0 aliphatic rings. The highest BCUT2D eigenvalue weighted by molar-refractivity contribution is 7.15. The maximum absolute atomic E-state index is 9.09. The van der Waals surface area contributed by atoms with Crippen molar-refractivity contribution in [3.63, 3.8) is 0 Å². The fraction of sp³-hybridized carbons (Fsp3) is 0.385. The molecule has 108 valence electrons. The molecule has 1 heterocycles. The third kappa shape index (κ3) is 3.58. The number of hydrogen-bond donors (Lipinski definition) is 2. The average molecular weight is 295 g/mol. The molecule has 0 atom stereocenters. The Labute approximate surface area is 121 Å². The summed E-state index contributed by atoms with van der Waals surface area (Å²) in [7, 11) is 1.57. The minimum atomic E-state index is -0.0287. The van der Waals surface area contributed by atoms with E-state index < -0.39 is 0 Å². The molecule has 0 spiro atoms. The van der Waals surface area contributed by atoms with Crippen molar-refractivity contribution >= 4 is 16.5 Å². The van der Waals surface area contributed by atoms with Crippen LogP contribution >= 0.6 is 11.3 Å². The number of hydrogen-bond acceptors (Lipinski definition) is 7. The van der Waals surface area contributed by atoms with Crippen molar-refractivity contribution in [3.8, 4) is 11.5 Å². The molecule has 0 radical (unpaired) electrons. The molecule has 0 amide bonds. The second-order valence-corrected chi connectivity index (χ2v) is 5.03. The first-order valence-corrected chi connectivity index (χ1v) is 7.05. The van der Waals surface area contributed by atoms with Crippen LogP contribution in [-0.2, 0) is 13.2 Å². The number of rotatable bonds is 7. The van der Waals surface area contributed by atoms with Crippen LogP contribution in [0.3, 0.4) is 0 Å². The number of aliphatic hydroxyl groups excluding tert-OH is 1. The van der Waals surface area contributed by atoms with Crippen molar-refractivity contribution < 1.29 is 14.6 Å². The van der Waals surface area contributed by atoms with Gasteiger partial charge in [0.2, 0.25) is 5.13 Å². The van der Waals surface area contributed by atoms with E-state index in [-0.39, 0.29) is 6.61 Å². The zero-order valence-electron chi connectivity index (χ0n) is 11.4. The third-order valence-corrected chi connectivity index (χ3v) is 3.41. The lowest BCUT2D eigenvalue weighted by Gasteiger charge is -2.10. The summed E-state index contributed by atoms with van der Waals surface area (Å²) in [6, 6.07) is 5.32. The maximum Gasteiger partial charge on any atom is 0.205 e. The minimum Gasteiger partial charge on any atom is -0.493 e. The lowest BCUT2D eigenvalue weighted by atomic mass is 10.2. The van der Waals surface area contributed by atoms with E-state index in [2.05, 4.69) is 15.5 Å². The van der Waals surface area contributed by atoms with E-state index in [0.29, 0.717) is 18.1 Å². The molecule has 0 fully saturated rings. The van der Waals surface area contributed by atoms with E-state index in [9.17, 15) is 0 Å². The molecule has 0 aliphatic heterocycles. The van der Waals surface area contributed by atoms with Crippen molar-refractivity contribution in [1.82, 2.24) is 10.2 Å². The van der Waals surface area contributed by atoms with E-state index in [1.807, 2.05) is 6.92 Å². The van der Waals surface area contributed by atoms with Crippen LogP contribution in [0.5, 0.6) is 11.5 Å². The number of aromatic nitrogens is 2. The smallest absolute Gasteiger partial charge is 0.205 e. The molecule has 20 heavy (non-hydrogen) atoms. The first kappa shape index (κ1) is 14.5. The Hall–Kier alpha value is -1.86. The van der Waals surface area contributed by atoms with Crippen molar-refractivity contribution in [2.24, 2.45) is 0 Å². The highest BCUT2D eigenvalue weighted by atomic mass is 32.1. The standard InChI is InChI=1S/C13H17N3O3S/c1-3-14-13-16-15-12(20-13)8-19-10-5-4-9(7-17)6-11(10)18-2/h4-6,17H,3,7-8H2,1-2H3,(H,14,16).